The number of benzene rings is 2. The molecular formula is C20H24O2. The summed E-state index contributed by atoms with van der Waals surface area (Å²) in [5, 5.41) is 0. The fourth-order valence-electron chi connectivity index (χ4n) is 3.47. The molecule has 0 N–H and O–H groups in total. The summed E-state index contributed by atoms with van der Waals surface area (Å²) < 4.78 is 10.8. The third kappa shape index (κ3) is 2.83. The Morgan fingerprint density at radius 3 is 2.59 bits per heavy atom. The molecular weight excluding hydrogens is 272 g/mol. The number of rotatable bonds is 4. The van der Waals surface area contributed by atoms with Gasteiger partial charge in [-0.15, -0.1) is 0 Å². The number of methoxy groups -OCH3 is 2. The van der Waals surface area contributed by atoms with Gasteiger partial charge in [0.2, 0.25) is 0 Å². The minimum absolute atomic E-state index is 0.608. The second-order valence-corrected chi connectivity index (χ2v) is 6.00. The summed E-state index contributed by atoms with van der Waals surface area (Å²) in [4.78, 5) is 0. The van der Waals surface area contributed by atoms with Crippen molar-refractivity contribution in [2.45, 2.75) is 38.5 Å². The van der Waals surface area contributed by atoms with E-state index < -0.39 is 0 Å². The van der Waals surface area contributed by atoms with Gasteiger partial charge in [0, 0.05) is 0 Å². The van der Waals surface area contributed by atoms with Gasteiger partial charge in [-0.05, 0) is 72.1 Å². The molecule has 1 aliphatic carbocycles. The van der Waals surface area contributed by atoms with Crippen LogP contribution in [0, 0.1) is 0 Å². The van der Waals surface area contributed by atoms with Crippen LogP contribution in [0.1, 0.15) is 41.5 Å². The SMILES string of the molecule is CCc1cc(C2CCc3cc(OC)ccc3C2)ccc1OC. The molecule has 0 amide bonds. The lowest BCUT2D eigenvalue weighted by Crippen LogP contribution is -2.13. The van der Waals surface area contributed by atoms with Gasteiger partial charge in [-0.2, -0.15) is 0 Å². The first-order chi connectivity index (χ1) is 10.7. The first-order valence-corrected chi connectivity index (χ1v) is 8.07. The van der Waals surface area contributed by atoms with E-state index in [1.54, 1.807) is 14.2 Å². The lowest BCUT2D eigenvalue weighted by molar-refractivity contribution is 0.409. The molecule has 2 nitrogen and oxygen atoms in total. The van der Waals surface area contributed by atoms with E-state index in [1.165, 1.54) is 28.7 Å². The van der Waals surface area contributed by atoms with Crippen LogP contribution in [0.25, 0.3) is 0 Å². The topological polar surface area (TPSA) is 18.5 Å². The zero-order chi connectivity index (χ0) is 15.5. The van der Waals surface area contributed by atoms with Crippen LogP contribution in [0.4, 0.5) is 0 Å². The molecule has 0 saturated carbocycles. The van der Waals surface area contributed by atoms with Gasteiger partial charge in [-0.1, -0.05) is 25.1 Å². The van der Waals surface area contributed by atoms with Crippen molar-refractivity contribution >= 4 is 0 Å². The van der Waals surface area contributed by atoms with Crippen LogP contribution in [0.15, 0.2) is 36.4 Å². The lowest BCUT2D eigenvalue weighted by Gasteiger charge is -2.26. The number of aryl methyl sites for hydroxylation is 2. The third-order valence-electron chi connectivity index (χ3n) is 4.80. The quantitative estimate of drug-likeness (QED) is 0.824. The van der Waals surface area contributed by atoms with Gasteiger partial charge in [0.05, 0.1) is 14.2 Å². The maximum absolute atomic E-state index is 5.45. The Morgan fingerprint density at radius 1 is 1.00 bits per heavy atom. The second-order valence-electron chi connectivity index (χ2n) is 6.00. The average Bonchev–Trinajstić information content (AvgIpc) is 2.60. The highest BCUT2D eigenvalue weighted by Crippen LogP contribution is 2.35. The van der Waals surface area contributed by atoms with E-state index in [0.717, 1.165) is 30.8 Å². The molecule has 0 radical (unpaired) electrons. The van der Waals surface area contributed by atoms with Gasteiger partial charge in [0.25, 0.3) is 0 Å². The molecule has 0 spiro atoms. The number of fused-ring (bicyclic) bond motifs is 1. The highest BCUT2D eigenvalue weighted by Gasteiger charge is 2.21. The minimum Gasteiger partial charge on any atom is -0.497 e. The molecule has 2 aromatic rings. The minimum atomic E-state index is 0.608. The van der Waals surface area contributed by atoms with Crippen molar-refractivity contribution in [2.75, 3.05) is 14.2 Å². The zero-order valence-corrected chi connectivity index (χ0v) is 13.7. The van der Waals surface area contributed by atoms with Gasteiger partial charge >= 0.3 is 0 Å². The summed E-state index contributed by atoms with van der Waals surface area (Å²) in [6.45, 7) is 2.18. The fourth-order valence-corrected chi connectivity index (χ4v) is 3.47. The van der Waals surface area contributed by atoms with Crippen LogP contribution < -0.4 is 9.47 Å². The average molecular weight is 296 g/mol. The van der Waals surface area contributed by atoms with Crippen molar-refractivity contribution in [1.82, 2.24) is 0 Å². The molecule has 2 heteroatoms. The van der Waals surface area contributed by atoms with Crippen LogP contribution in [0.3, 0.4) is 0 Å². The van der Waals surface area contributed by atoms with Crippen LogP contribution in [0.5, 0.6) is 11.5 Å². The highest BCUT2D eigenvalue weighted by molar-refractivity contribution is 5.42. The maximum Gasteiger partial charge on any atom is 0.122 e. The molecule has 0 bridgehead atoms. The smallest absolute Gasteiger partial charge is 0.122 e. The van der Waals surface area contributed by atoms with Gasteiger partial charge in [-0.3, -0.25) is 0 Å². The van der Waals surface area contributed by atoms with Gasteiger partial charge < -0.3 is 9.47 Å². The summed E-state index contributed by atoms with van der Waals surface area (Å²) in [7, 11) is 3.48. The molecule has 1 aliphatic rings. The Labute approximate surface area is 133 Å². The molecule has 116 valence electrons. The Morgan fingerprint density at radius 2 is 1.86 bits per heavy atom. The highest BCUT2D eigenvalue weighted by atomic mass is 16.5. The molecule has 0 saturated heterocycles. The van der Waals surface area contributed by atoms with Gasteiger partial charge in [0.1, 0.15) is 11.5 Å². The van der Waals surface area contributed by atoms with E-state index >= 15 is 0 Å². The predicted molar refractivity (Wildman–Crippen MR) is 90.1 cm³/mol. The normalized spacial score (nSPS) is 17.0. The van der Waals surface area contributed by atoms with Crippen molar-refractivity contribution in [3.8, 4) is 11.5 Å². The molecule has 0 aromatic heterocycles. The van der Waals surface area contributed by atoms with E-state index in [-0.39, 0.29) is 0 Å². The van der Waals surface area contributed by atoms with Gasteiger partial charge in [-0.25, -0.2) is 0 Å². The predicted octanol–water partition coefficient (Wildman–Crippen LogP) is 4.54. The monoisotopic (exact) mass is 296 g/mol. The summed E-state index contributed by atoms with van der Waals surface area (Å²) >= 11 is 0. The molecule has 0 aliphatic heterocycles. The van der Waals surface area contributed by atoms with Crippen molar-refractivity contribution in [3.05, 3.63) is 58.7 Å². The fraction of sp³-hybridized carbons (Fsp3) is 0.400. The molecule has 0 heterocycles. The third-order valence-corrected chi connectivity index (χ3v) is 4.80. The number of ether oxygens (including phenoxy) is 2. The van der Waals surface area contributed by atoms with Gasteiger partial charge in [0.15, 0.2) is 0 Å². The van der Waals surface area contributed by atoms with E-state index in [2.05, 4.69) is 43.3 Å². The van der Waals surface area contributed by atoms with E-state index in [4.69, 9.17) is 9.47 Å². The Balaban J connectivity index is 1.85. The molecule has 1 atom stereocenters. The Hall–Kier alpha value is -1.96. The molecule has 3 rings (SSSR count). The van der Waals surface area contributed by atoms with Crippen molar-refractivity contribution < 1.29 is 9.47 Å². The van der Waals surface area contributed by atoms with E-state index in [9.17, 15) is 0 Å². The summed E-state index contributed by atoms with van der Waals surface area (Å²) in [5.41, 5.74) is 5.66. The maximum atomic E-state index is 5.45. The zero-order valence-electron chi connectivity index (χ0n) is 13.7. The molecule has 1 unspecified atom stereocenters. The lowest BCUT2D eigenvalue weighted by atomic mass is 9.79. The Kier molecular flexibility index (Phi) is 4.37. The van der Waals surface area contributed by atoms with E-state index in [0.29, 0.717) is 5.92 Å². The van der Waals surface area contributed by atoms with Crippen molar-refractivity contribution in [1.29, 1.82) is 0 Å². The summed E-state index contributed by atoms with van der Waals surface area (Å²) in [6, 6.07) is 13.2. The van der Waals surface area contributed by atoms with Crippen LogP contribution in [-0.2, 0) is 19.3 Å². The molecule has 2 aromatic carbocycles. The molecule has 0 fully saturated rings. The van der Waals surface area contributed by atoms with Crippen molar-refractivity contribution in [3.63, 3.8) is 0 Å². The van der Waals surface area contributed by atoms with Crippen molar-refractivity contribution in [2.24, 2.45) is 0 Å². The van der Waals surface area contributed by atoms with Crippen LogP contribution in [-0.4, -0.2) is 14.2 Å². The number of hydrogen-bond donors (Lipinski definition) is 0. The first kappa shape index (κ1) is 15.0. The Bertz CT molecular complexity index is 661. The molecule has 22 heavy (non-hydrogen) atoms. The first-order valence-electron chi connectivity index (χ1n) is 8.07. The van der Waals surface area contributed by atoms with E-state index in [1.807, 2.05) is 0 Å². The second kappa shape index (κ2) is 6.43. The largest absolute Gasteiger partial charge is 0.497 e. The number of hydrogen-bond acceptors (Lipinski definition) is 2. The van der Waals surface area contributed by atoms with Crippen LogP contribution in [0.2, 0.25) is 0 Å². The van der Waals surface area contributed by atoms with Crippen LogP contribution >= 0.6 is 0 Å². The summed E-state index contributed by atoms with van der Waals surface area (Å²) in [6.07, 6.45) is 4.46. The standard InChI is InChI=1S/C20H24O2/c1-4-14-11-17(8-10-20(14)22-3)15-5-6-18-13-19(21-2)9-7-16(18)12-15/h7-11,13,15H,4-6,12H2,1-3H3. The summed E-state index contributed by atoms with van der Waals surface area (Å²) in [5.74, 6) is 2.58.